The molecule has 1 aromatic rings. The summed E-state index contributed by atoms with van der Waals surface area (Å²) in [5.41, 5.74) is 1.02. The van der Waals surface area contributed by atoms with Gasteiger partial charge in [0, 0.05) is 24.0 Å². The zero-order chi connectivity index (χ0) is 13.0. The maximum atomic E-state index is 10.6. The second-order valence-electron chi connectivity index (χ2n) is 5.12. The van der Waals surface area contributed by atoms with E-state index in [4.69, 9.17) is 0 Å². The van der Waals surface area contributed by atoms with Crippen molar-refractivity contribution in [3.63, 3.8) is 0 Å². The SMILES string of the molecule is CC(NCc1csc([N+](=O)[O-])c1)C1CCCCC1. The molecule has 1 aliphatic carbocycles. The van der Waals surface area contributed by atoms with Gasteiger partial charge in [0.2, 0.25) is 0 Å². The highest BCUT2D eigenvalue weighted by atomic mass is 32.1. The summed E-state index contributed by atoms with van der Waals surface area (Å²) in [6.07, 6.45) is 6.71. The number of nitrogens with zero attached hydrogens (tertiary/aromatic N) is 1. The zero-order valence-electron chi connectivity index (χ0n) is 10.7. The first-order valence-corrected chi connectivity index (χ1v) is 7.50. The maximum absolute atomic E-state index is 10.6. The highest BCUT2D eigenvalue weighted by Gasteiger charge is 2.19. The van der Waals surface area contributed by atoms with E-state index in [1.54, 1.807) is 6.07 Å². The average molecular weight is 268 g/mol. The van der Waals surface area contributed by atoms with Gasteiger partial charge in [-0.25, -0.2) is 0 Å². The minimum Gasteiger partial charge on any atom is -0.310 e. The molecule has 0 saturated heterocycles. The van der Waals surface area contributed by atoms with Gasteiger partial charge in [-0.1, -0.05) is 30.6 Å². The molecule has 1 fully saturated rings. The standard InChI is InChI=1S/C13H20N2O2S/c1-10(12-5-3-2-4-6-12)14-8-11-7-13(15(16)17)18-9-11/h7,9-10,12,14H,2-6,8H2,1H3. The van der Waals surface area contributed by atoms with Gasteiger partial charge in [-0.2, -0.15) is 0 Å². The maximum Gasteiger partial charge on any atom is 0.324 e. The molecule has 0 aromatic carbocycles. The van der Waals surface area contributed by atoms with E-state index in [0.29, 0.717) is 6.04 Å². The summed E-state index contributed by atoms with van der Waals surface area (Å²) < 4.78 is 0. The molecule has 1 aliphatic rings. The fraction of sp³-hybridized carbons (Fsp3) is 0.692. The lowest BCUT2D eigenvalue weighted by Gasteiger charge is -2.28. The molecule has 4 nitrogen and oxygen atoms in total. The molecule has 1 N–H and O–H groups in total. The molecule has 0 aliphatic heterocycles. The van der Waals surface area contributed by atoms with Gasteiger partial charge in [0.1, 0.15) is 0 Å². The van der Waals surface area contributed by atoms with Crippen LogP contribution in [0.15, 0.2) is 11.4 Å². The normalized spacial score (nSPS) is 18.7. The van der Waals surface area contributed by atoms with Gasteiger partial charge in [0.05, 0.1) is 4.92 Å². The first-order chi connectivity index (χ1) is 8.66. The Hall–Kier alpha value is -0.940. The third kappa shape index (κ3) is 3.53. The quantitative estimate of drug-likeness (QED) is 0.654. The van der Waals surface area contributed by atoms with Gasteiger partial charge < -0.3 is 5.32 Å². The van der Waals surface area contributed by atoms with Crippen LogP contribution in [0.25, 0.3) is 0 Å². The summed E-state index contributed by atoms with van der Waals surface area (Å²) >= 11 is 1.21. The molecule has 1 unspecified atom stereocenters. The van der Waals surface area contributed by atoms with Crippen LogP contribution in [0.5, 0.6) is 0 Å². The van der Waals surface area contributed by atoms with E-state index in [0.717, 1.165) is 18.0 Å². The first kappa shape index (κ1) is 13.5. The van der Waals surface area contributed by atoms with Crippen molar-refractivity contribution < 1.29 is 4.92 Å². The lowest BCUT2D eigenvalue weighted by molar-refractivity contribution is -0.380. The van der Waals surface area contributed by atoms with Crippen LogP contribution in [0.3, 0.4) is 0 Å². The van der Waals surface area contributed by atoms with Crippen LogP contribution < -0.4 is 5.32 Å². The highest BCUT2D eigenvalue weighted by Crippen LogP contribution is 2.27. The largest absolute Gasteiger partial charge is 0.324 e. The lowest BCUT2D eigenvalue weighted by atomic mass is 9.84. The van der Waals surface area contributed by atoms with Crippen LogP contribution >= 0.6 is 11.3 Å². The molecule has 18 heavy (non-hydrogen) atoms. The molecule has 2 rings (SSSR count). The number of rotatable bonds is 5. The molecule has 1 atom stereocenters. The topological polar surface area (TPSA) is 55.2 Å². The Morgan fingerprint density at radius 2 is 2.22 bits per heavy atom. The Morgan fingerprint density at radius 3 is 2.83 bits per heavy atom. The molecule has 1 saturated carbocycles. The average Bonchev–Trinajstić information content (AvgIpc) is 2.86. The van der Waals surface area contributed by atoms with E-state index in [1.165, 1.54) is 43.4 Å². The van der Waals surface area contributed by atoms with Crippen LogP contribution in [-0.2, 0) is 6.54 Å². The van der Waals surface area contributed by atoms with Gasteiger partial charge in [-0.15, -0.1) is 0 Å². The summed E-state index contributed by atoms with van der Waals surface area (Å²) in [6.45, 7) is 2.97. The van der Waals surface area contributed by atoms with Gasteiger partial charge in [-0.3, -0.25) is 10.1 Å². The second kappa shape index (κ2) is 6.29. The van der Waals surface area contributed by atoms with E-state index in [-0.39, 0.29) is 9.92 Å². The first-order valence-electron chi connectivity index (χ1n) is 6.62. The minimum atomic E-state index is -0.321. The van der Waals surface area contributed by atoms with Crippen LogP contribution in [0.1, 0.15) is 44.6 Å². The fourth-order valence-electron chi connectivity index (χ4n) is 2.63. The summed E-state index contributed by atoms with van der Waals surface area (Å²) in [4.78, 5) is 10.3. The lowest BCUT2D eigenvalue weighted by Crippen LogP contribution is -2.34. The van der Waals surface area contributed by atoms with E-state index in [1.807, 2.05) is 5.38 Å². The molecule has 100 valence electrons. The molecule has 1 heterocycles. The molecule has 5 heteroatoms. The molecule has 0 spiro atoms. The smallest absolute Gasteiger partial charge is 0.310 e. The van der Waals surface area contributed by atoms with E-state index in [9.17, 15) is 10.1 Å². The van der Waals surface area contributed by atoms with Gasteiger partial charge in [-0.05, 0) is 31.2 Å². The third-order valence-corrected chi connectivity index (χ3v) is 4.73. The zero-order valence-corrected chi connectivity index (χ0v) is 11.5. The number of hydrogen-bond acceptors (Lipinski definition) is 4. The number of thiophene rings is 1. The van der Waals surface area contributed by atoms with Crippen LogP contribution in [0, 0.1) is 16.0 Å². The number of nitro groups is 1. The number of nitrogens with one attached hydrogen (secondary N) is 1. The van der Waals surface area contributed by atoms with Crippen molar-refractivity contribution in [3.8, 4) is 0 Å². The number of hydrogen-bond donors (Lipinski definition) is 1. The predicted octanol–water partition coefficient (Wildman–Crippen LogP) is 3.71. The second-order valence-corrected chi connectivity index (χ2v) is 6.01. The summed E-state index contributed by atoms with van der Waals surface area (Å²) in [5.74, 6) is 0.771. The third-order valence-electron chi connectivity index (χ3n) is 3.80. The van der Waals surface area contributed by atoms with Crippen molar-refractivity contribution in [3.05, 3.63) is 27.1 Å². The Morgan fingerprint density at radius 1 is 1.50 bits per heavy atom. The minimum absolute atomic E-state index is 0.233. The molecular weight excluding hydrogens is 248 g/mol. The van der Waals surface area contributed by atoms with Crippen molar-refractivity contribution in [2.45, 2.75) is 51.6 Å². The summed E-state index contributed by atoms with van der Waals surface area (Å²) in [6, 6.07) is 2.18. The molecule has 0 bridgehead atoms. The fourth-order valence-corrected chi connectivity index (χ4v) is 3.36. The summed E-state index contributed by atoms with van der Waals surface area (Å²) in [5, 5.41) is 16.2. The van der Waals surface area contributed by atoms with E-state index >= 15 is 0 Å². The monoisotopic (exact) mass is 268 g/mol. The van der Waals surface area contributed by atoms with Crippen molar-refractivity contribution in [2.24, 2.45) is 5.92 Å². The van der Waals surface area contributed by atoms with Crippen LogP contribution in [0.2, 0.25) is 0 Å². The van der Waals surface area contributed by atoms with Crippen molar-refractivity contribution in [2.75, 3.05) is 0 Å². The molecule has 1 aromatic heterocycles. The van der Waals surface area contributed by atoms with Gasteiger partial charge in [0.15, 0.2) is 0 Å². The van der Waals surface area contributed by atoms with Crippen molar-refractivity contribution in [1.29, 1.82) is 0 Å². The van der Waals surface area contributed by atoms with Crippen molar-refractivity contribution >= 4 is 16.3 Å². The Bertz CT molecular complexity index is 399. The summed E-state index contributed by atoms with van der Waals surface area (Å²) in [7, 11) is 0. The van der Waals surface area contributed by atoms with E-state index < -0.39 is 0 Å². The molecular formula is C13H20N2O2S. The van der Waals surface area contributed by atoms with Crippen molar-refractivity contribution in [1.82, 2.24) is 5.32 Å². The molecule has 0 radical (unpaired) electrons. The Kier molecular flexibility index (Phi) is 4.72. The van der Waals surface area contributed by atoms with Gasteiger partial charge >= 0.3 is 5.00 Å². The highest BCUT2D eigenvalue weighted by molar-refractivity contribution is 7.13. The Labute approximate surface area is 112 Å². The Balaban J connectivity index is 1.80. The van der Waals surface area contributed by atoms with Crippen LogP contribution in [-0.4, -0.2) is 11.0 Å². The molecule has 0 amide bonds. The van der Waals surface area contributed by atoms with E-state index in [2.05, 4.69) is 12.2 Å². The van der Waals surface area contributed by atoms with Crippen LogP contribution in [0.4, 0.5) is 5.00 Å². The predicted molar refractivity (Wildman–Crippen MR) is 73.9 cm³/mol. The van der Waals surface area contributed by atoms with Gasteiger partial charge in [0.25, 0.3) is 0 Å².